The number of thiazole rings is 1. The van der Waals surface area contributed by atoms with E-state index in [2.05, 4.69) is 11.1 Å². The molecule has 0 radical (unpaired) electrons. The van der Waals surface area contributed by atoms with Crippen LogP contribution in [0.25, 0.3) is 9.88 Å². The number of thiophene rings is 1. The molecular formula is C12H13NO2S2. The van der Waals surface area contributed by atoms with Crippen molar-refractivity contribution < 1.29 is 9.90 Å². The molecule has 3 nitrogen and oxygen atoms in total. The zero-order valence-electron chi connectivity index (χ0n) is 9.85. The second kappa shape index (κ2) is 4.58. The van der Waals surface area contributed by atoms with Crippen LogP contribution >= 0.6 is 22.7 Å². The Kier molecular flexibility index (Phi) is 3.31. The summed E-state index contributed by atoms with van der Waals surface area (Å²) in [5.74, 6) is -1.28. The van der Waals surface area contributed by atoms with Gasteiger partial charge in [-0.25, -0.2) is 4.98 Å². The van der Waals surface area contributed by atoms with E-state index in [0.717, 1.165) is 20.5 Å². The van der Waals surface area contributed by atoms with Crippen molar-refractivity contribution >= 4 is 28.6 Å². The lowest BCUT2D eigenvalue weighted by atomic mass is 10.1. The number of aryl methyl sites for hydroxylation is 2. The number of carbonyl (C=O) groups is 1. The number of carboxylic acids is 1. The van der Waals surface area contributed by atoms with Crippen LogP contribution in [0.2, 0.25) is 0 Å². The van der Waals surface area contributed by atoms with Crippen LogP contribution in [-0.4, -0.2) is 16.1 Å². The molecule has 0 saturated heterocycles. The van der Waals surface area contributed by atoms with Crippen molar-refractivity contribution in [1.82, 2.24) is 4.98 Å². The molecule has 0 bridgehead atoms. The zero-order chi connectivity index (χ0) is 12.6. The maximum Gasteiger partial charge on any atom is 0.311 e. The van der Waals surface area contributed by atoms with E-state index >= 15 is 0 Å². The molecule has 0 saturated carbocycles. The minimum absolute atomic E-state index is 0.485. The number of rotatable bonds is 3. The lowest BCUT2D eigenvalue weighted by Crippen LogP contribution is -2.06. The number of aromatic nitrogens is 1. The number of carboxylic acid groups (broad SMARTS) is 1. The molecule has 0 fully saturated rings. The third kappa shape index (κ3) is 2.25. The van der Waals surface area contributed by atoms with Crippen molar-refractivity contribution in [3.8, 4) is 9.88 Å². The molecule has 0 spiro atoms. The minimum atomic E-state index is -0.800. The maximum absolute atomic E-state index is 11.0. The van der Waals surface area contributed by atoms with Crippen LogP contribution in [0.3, 0.4) is 0 Å². The molecule has 1 unspecified atom stereocenters. The van der Waals surface area contributed by atoms with E-state index in [9.17, 15) is 4.79 Å². The first kappa shape index (κ1) is 12.3. The van der Waals surface area contributed by atoms with E-state index < -0.39 is 11.9 Å². The van der Waals surface area contributed by atoms with Crippen LogP contribution in [0.15, 0.2) is 11.4 Å². The van der Waals surface area contributed by atoms with Gasteiger partial charge in [0, 0.05) is 4.88 Å². The number of nitrogens with zero attached hydrogens (tertiary/aromatic N) is 1. The van der Waals surface area contributed by atoms with Crippen molar-refractivity contribution in [2.45, 2.75) is 26.7 Å². The average molecular weight is 267 g/mol. The molecule has 0 aliphatic heterocycles. The lowest BCUT2D eigenvalue weighted by Gasteiger charge is -2.02. The van der Waals surface area contributed by atoms with Gasteiger partial charge < -0.3 is 5.11 Å². The fourth-order valence-electron chi connectivity index (χ4n) is 1.61. The van der Waals surface area contributed by atoms with Gasteiger partial charge in [-0.05, 0) is 37.8 Å². The highest BCUT2D eigenvalue weighted by Crippen LogP contribution is 2.36. The summed E-state index contributed by atoms with van der Waals surface area (Å²) in [6.45, 7) is 5.62. The molecule has 17 heavy (non-hydrogen) atoms. The highest BCUT2D eigenvalue weighted by atomic mass is 32.1. The summed E-state index contributed by atoms with van der Waals surface area (Å²) in [5.41, 5.74) is 2.02. The Labute approximate surface area is 108 Å². The van der Waals surface area contributed by atoms with E-state index in [4.69, 9.17) is 5.11 Å². The van der Waals surface area contributed by atoms with Crippen molar-refractivity contribution in [2.24, 2.45) is 0 Å². The molecule has 0 aliphatic rings. The summed E-state index contributed by atoms with van der Waals surface area (Å²) in [6.07, 6.45) is 0. The Bertz CT molecular complexity index is 557. The van der Waals surface area contributed by atoms with Gasteiger partial charge in [0.15, 0.2) is 0 Å². The Morgan fingerprint density at radius 2 is 2.18 bits per heavy atom. The molecule has 0 aliphatic carbocycles. The van der Waals surface area contributed by atoms with E-state index in [1.807, 2.05) is 19.2 Å². The topological polar surface area (TPSA) is 50.2 Å². The van der Waals surface area contributed by atoms with Gasteiger partial charge in [0.2, 0.25) is 0 Å². The summed E-state index contributed by atoms with van der Waals surface area (Å²) in [7, 11) is 0. The predicted octanol–water partition coefficient (Wildman–Crippen LogP) is 3.68. The van der Waals surface area contributed by atoms with Gasteiger partial charge in [0.1, 0.15) is 5.01 Å². The van der Waals surface area contributed by atoms with Crippen molar-refractivity contribution in [1.29, 1.82) is 0 Å². The van der Waals surface area contributed by atoms with Crippen molar-refractivity contribution in [3.05, 3.63) is 27.6 Å². The van der Waals surface area contributed by atoms with Gasteiger partial charge in [0.05, 0.1) is 16.5 Å². The SMILES string of the molecule is Cc1ccsc1-c1nc(C)c(C(C)C(=O)O)s1. The Balaban J connectivity index is 2.44. The van der Waals surface area contributed by atoms with E-state index in [1.54, 1.807) is 18.3 Å². The van der Waals surface area contributed by atoms with Crippen LogP contribution in [0, 0.1) is 13.8 Å². The van der Waals surface area contributed by atoms with E-state index in [1.165, 1.54) is 16.9 Å². The second-order valence-electron chi connectivity index (χ2n) is 3.96. The predicted molar refractivity (Wildman–Crippen MR) is 71.0 cm³/mol. The third-order valence-corrected chi connectivity index (χ3v) is 5.16. The molecule has 90 valence electrons. The quantitative estimate of drug-likeness (QED) is 0.923. The summed E-state index contributed by atoms with van der Waals surface area (Å²) in [4.78, 5) is 17.5. The smallest absolute Gasteiger partial charge is 0.311 e. The van der Waals surface area contributed by atoms with Gasteiger partial charge in [-0.1, -0.05) is 0 Å². The largest absolute Gasteiger partial charge is 0.481 e. The molecule has 0 amide bonds. The molecule has 2 rings (SSSR count). The summed E-state index contributed by atoms with van der Waals surface area (Å²) in [5, 5.41) is 12.0. The monoisotopic (exact) mass is 267 g/mol. The number of hydrogen-bond donors (Lipinski definition) is 1. The Morgan fingerprint density at radius 1 is 1.47 bits per heavy atom. The molecule has 2 aromatic heterocycles. The standard InChI is InChI=1S/C12H13NO2S2/c1-6-4-5-16-9(6)11-13-8(3)10(17-11)7(2)12(14)15/h4-5,7H,1-3H3,(H,14,15). The summed E-state index contributed by atoms with van der Waals surface area (Å²) in [6, 6.07) is 2.05. The number of aliphatic carboxylic acids is 1. The van der Waals surface area contributed by atoms with E-state index in [-0.39, 0.29) is 0 Å². The van der Waals surface area contributed by atoms with Gasteiger partial charge in [-0.15, -0.1) is 22.7 Å². The Morgan fingerprint density at radius 3 is 2.71 bits per heavy atom. The van der Waals surface area contributed by atoms with Crippen molar-refractivity contribution in [2.75, 3.05) is 0 Å². The summed E-state index contributed by atoms with van der Waals surface area (Å²) < 4.78 is 0. The van der Waals surface area contributed by atoms with Gasteiger partial charge >= 0.3 is 5.97 Å². The van der Waals surface area contributed by atoms with Crippen LogP contribution in [0.4, 0.5) is 0 Å². The average Bonchev–Trinajstić information content (AvgIpc) is 2.83. The van der Waals surface area contributed by atoms with Crippen LogP contribution in [-0.2, 0) is 4.79 Å². The maximum atomic E-state index is 11.0. The highest BCUT2D eigenvalue weighted by molar-refractivity contribution is 7.21. The fourth-order valence-corrected chi connectivity index (χ4v) is 3.80. The van der Waals surface area contributed by atoms with Crippen LogP contribution in [0.1, 0.15) is 29.0 Å². The van der Waals surface area contributed by atoms with Crippen LogP contribution in [0.5, 0.6) is 0 Å². The molecule has 2 heterocycles. The molecule has 1 atom stereocenters. The van der Waals surface area contributed by atoms with Gasteiger partial charge in [-0.3, -0.25) is 4.79 Å². The first-order chi connectivity index (χ1) is 8.00. The second-order valence-corrected chi connectivity index (χ2v) is 5.91. The minimum Gasteiger partial charge on any atom is -0.481 e. The molecule has 1 N–H and O–H groups in total. The first-order valence-electron chi connectivity index (χ1n) is 5.25. The third-order valence-electron chi connectivity index (χ3n) is 2.65. The summed E-state index contributed by atoms with van der Waals surface area (Å²) >= 11 is 3.13. The van der Waals surface area contributed by atoms with Gasteiger partial charge in [-0.2, -0.15) is 0 Å². The lowest BCUT2D eigenvalue weighted by molar-refractivity contribution is -0.138. The van der Waals surface area contributed by atoms with Gasteiger partial charge in [0.25, 0.3) is 0 Å². The first-order valence-corrected chi connectivity index (χ1v) is 6.95. The molecule has 0 aromatic carbocycles. The normalized spacial score (nSPS) is 12.6. The molecule has 5 heteroatoms. The highest BCUT2D eigenvalue weighted by Gasteiger charge is 2.21. The Hall–Kier alpha value is -1.20. The number of hydrogen-bond acceptors (Lipinski definition) is 4. The molecule has 2 aromatic rings. The fraction of sp³-hybridized carbons (Fsp3) is 0.333. The molecular weight excluding hydrogens is 254 g/mol. The zero-order valence-corrected chi connectivity index (χ0v) is 11.5. The van der Waals surface area contributed by atoms with E-state index in [0.29, 0.717) is 0 Å². The van der Waals surface area contributed by atoms with Crippen LogP contribution < -0.4 is 0 Å². The van der Waals surface area contributed by atoms with Crippen molar-refractivity contribution in [3.63, 3.8) is 0 Å².